The number of ether oxygens (including phenoxy) is 2. The molecule has 1 heterocycles. The molecule has 64 valence electrons. The van der Waals surface area contributed by atoms with E-state index in [9.17, 15) is 4.79 Å². The molecule has 1 amide bonds. The third kappa shape index (κ3) is 3.34. The lowest BCUT2D eigenvalue weighted by atomic mass is 10.2. The van der Waals surface area contributed by atoms with Crippen molar-refractivity contribution in [2.24, 2.45) is 5.73 Å². The average Bonchev–Trinajstić information content (AvgIpc) is 2.39. The third-order valence-electron chi connectivity index (χ3n) is 1.57. The number of rotatable bonds is 4. The first-order valence-electron chi connectivity index (χ1n) is 3.76. The summed E-state index contributed by atoms with van der Waals surface area (Å²) in [6, 6.07) is 0. The summed E-state index contributed by atoms with van der Waals surface area (Å²) in [5.74, 6) is -0.428. The maximum atomic E-state index is 10.2. The summed E-state index contributed by atoms with van der Waals surface area (Å²) in [4.78, 5) is 10.2. The molecule has 4 heteroatoms. The van der Waals surface area contributed by atoms with Crippen LogP contribution in [0.3, 0.4) is 0 Å². The molecule has 0 aromatic rings. The van der Waals surface area contributed by atoms with E-state index in [2.05, 4.69) is 0 Å². The van der Waals surface area contributed by atoms with Crippen molar-refractivity contribution < 1.29 is 14.3 Å². The van der Waals surface area contributed by atoms with E-state index >= 15 is 0 Å². The van der Waals surface area contributed by atoms with Crippen LogP contribution < -0.4 is 5.73 Å². The second kappa shape index (κ2) is 4.31. The van der Waals surface area contributed by atoms with E-state index in [4.69, 9.17) is 15.2 Å². The Morgan fingerprint density at radius 1 is 1.73 bits per heavy atom. The Kier molecular flexibility index (Phi) is 3.32. The summed E-state index contributed by atoms with van der Waals surface area (Å²) < 4.78 is 10.2. The molecule has 0 spiro atoms. The van der Waals surface area contributed by atoms with Gasteiger partial charge in [-0.05, 0) is 12.8 Å². The quantitative estimate of drug-likeness (QED) is 0.610. The third-order valence-corrected chi connectivity index (χ3v) is 1.57. The topological polar surface area (TPSA) is 61.6 Å². The Bertz CT molecular complexity index is 132. The summed E-state index contributed by atoms with van der Waals surface area (Å²) in [7, 11) is 0. The molecule has 1 aliphatic heterocycles. The van der Waals surface area contributed by atoms with Gasteiger partial charge in [-0.1, -0.05) is 0 Å². The molecule has 0 saturated carbocycles. The van der Waals surface area contributed by atoms with Crippen LogP contribution in [0.15, 0.2) is 0 Å². The first kappa shape index (κ1) is 8.49. The summed E-state index contributed by atoms with van der Waals surface area (Å²) in [6.07, 6.45) is 2.29. The highest BCUT2D eigenvalue weighted by Gasteiger charge is 2.15. The Morgan fingerprint density at radius 3 is 3.09 bits per heavy atom. The van der Waals surface area contributed by atoms with E-state index < -0.39 is 5.91 Å². The maximum absolute atomic E-state index is 10.2. The van der Waals surface area contributed by atoms with Crippen molar-refractivity contribution in [2.45, 2.75) is 18.9 Å². The highest BCUT2D eigenvalue weighted by Crippen LogP contribution is 2.11. The number of primary amides is 1. The van der Waals surface area contributed by atoms with Gasteiger partial charge in [0.25, 0.3) is 0 Å². The molecule has 1 fully saturated rings. The van der Waals surface area contributed by atoms with E-state index in [0.717, 1.165) is 19.4 Å². The minimum absolute atomic E-state index is 0.000139. The summed E-state index contributed by atoms with van der Waals surface area (Å²) in [6.45, 7) is 1.30. The van der Waals surface area contributed by atoms with Gasteiger partial charge in [-0.15, -0.1) is 0 Å². The Morgan fingerprint density at radius 2 is 2.55 bits per heavy atom. The van der Waals surface area contributed by atoms with Gasteiger partial charge in [0, 0.05) is 6.61 Å². The van der Waals surface area contributed by atoms with E-state index in [0.29, 0.717) is 6.61 Å². The van der Waals surface area contributed by atoms with Gasteiger partial charge in [0.15, 0.2) is 0 Å². The monoisotopic (exact) mass is 159 g/mol. The predicted octanol–water partition coefficient (Wildman–Crippen LogP) is -0.333. The maximum Gasteiger partial charge on any atom is 0.243 e. The van der Waals surface area contributed by atoms with Crippen molar-refractivity contribution in [1.29, 1.82) is 0 Å². The summed E-state index contributed by atoms with van der Waals surface area (Å²) in [5.41, 5.74) is 4.87. The number of carbonyl (C=O) groups is 1. The summed E-state index contributed by atoms with van der Waals surface area (Å²) in [5, 5.41) is 0. The fourth-order valence-electron chi connectivity index (χ4n) is 1.07. The Labute approximate surface area is 65.7 Å². The lowest BCUT2D eigenvalue weighted by Gasteiger charge is -2.07. The Hall–Kier alpha value is -0.610. The number of nitrogens with two attached hydrogens (primary N) is 1. The molecule has 1 atom stereocenters. The molecular formula is C7H13NO3. The Balaban J connectivity index is 1.98. The second-order valence-corrected chi connectivity index (χ2v) is 2.62. The van der Waals surface area contributed by atoms with Gasteiger partial charge in [0.2, 0.25) is 5.91 Å². The molecule has 0 aliphatic carbocycles. The highest BCUT2D eigenvalue weighted by atomic mass is 16.5. The van der Waals surface area contributed by atoms with E-state index in [1.807, 2.05) is 0 Å². The van der Waals surface area contributed by atoms with Crippen LogP contribution in [0, 0.1) is 0 Å². The lowest BCUT2D eigenvalue weighted by molar-refractivity contribution is -0.123. The molecule has 0 bridgehead atoms. The number of carbonyl (C=O) groups excluding carboxylic acids is 1. The van der Waals surface area contributed by atoms with Crippen LogP contribution >= 0.6 is 0 Å². The number of hydrogen-bond acceptors (Lipinski definition) is 3. The molecule has 2 N–H and O–H groups in total. The van der Waals surface area contributed by atoms with E-state index in [1.54, 1.807) is 0 Å². The normalized spacial score (nSPS) is 23.8. The van der Waals surface area contributed by atoms with Gasteiger partial charge in [-0.25, -0.2) is 0 Å². The van der Waals surface area contributed by atoms with Gasteiger partial charge in [-0.2, -0.15) is 0 Å². The van der Waals surface area contributed by atoms with Crippen LogP contribution in [0.4, 0.5) is 0 Å². The van der Waals surface area contributed by atoms with E-state index in [1.165, 1.54) is 0 Å². The van der Waals surface area contributed by atoms with E-state index in [-0.39, 0.29) is 12.7 Å². The van der Waals surface area contributed by atoms with Gasteiger partial charge in [0.05, 0.1) is 12.7 Å². The van der Waals surface area contributed by atoms with Crippen molar-refractivity contribution in [3.63, 3.8) is 0 Å². The van der Waals surface area contributed by atoms with Crippen LogP contribution in [0.5, 0.6) is 0 Å². The lowest BCUT2D eigenvalue weighted by Crippen LogP contribution is -2.22. The van der Waals surface area contributed by atoms with Gasteiger partial charge < -0.3 is 15.2 Å². The van der Waals surface area contributed by atoms with Crippen molar-refractivity contribution in [3.05, 3.63) is 0 Å². The minimum atomic E-state index is -0.428. The fraction of sp³-hybridized carbons (Fsp3) is 0.857. The number of amides is 1. The first-order chi connectivity index (χ1) is 5.29. The van der Waals surface area contributed by atoms with Crippen molar-refractivity contribution in [3.8, 4) is 0 Å². The van der Waals surface area contributed by atoms with Gasteiger partial charge in [0.1, 0.15) is 6.61 Å². The minimum Gasteiger partial charge on any atom is -0.376 e. The zero-order chi connectivity index (χ0) is 8.10. The van der Waals surface area contributed by atoms with Crippen LogP contribution in [-0.4, -0.2) is 31.8 Å². The largest absolute Gasteiger partial charge is 0.376 e. The summed E-state index contributed by atoms with van der Waals surface area (Å²) >= 11 is 0. The van der Waals surface area contributed by atoms with Crippen molar-refractivity contribution >= 4 is 5.91 Å². The van der Waals surface area contributed by atoms with Crippen molar-refractivity contribution in [1.82, 2.24) is 0 Å². The molecule has 4 nitrogen and oxygen atoms in total. The standard InChI is InChI=1S/C7H13NO3/c8-7(9)5-10-4-6-2-1-3-11-6/h6H,1-5H2,(H2,8,9)/t6-/m1/s1. The molecule has 0 radical (unpaired) electrons. The van der Waals surface area contributed by atoms with Crippen LogP contribution in [-0.2, 0) is 14.3 Å². The zero-order valence-electron chi connectivity index (χ0n) is 6.41. The molecule has 0 unspecified atom stereocenters. The number of hydrogen-bond donors (Lipinski definition) is 1. The fourth-order valence-corrected chi connectivity index (χ4v) is 1.07. The molecule has 1 aliphatic rings. The molecule has 0 aromatic heterocycles. The second-order valence-electron chi connectivity index (χ2n) is 2.62. The molecule has 11 heavy (non-hydrogen) atoms. The SMILES string of the molecule is NC(=O)COC[C@H]1CCCO1. The van der Waals surface area contributed by atoms with Crippen molar-refractivity contribution in [2.75, 3.05) is 19.8 Å². The van der Waals surface area contributed by atoms with Crippen LogP contribution in [0.1, 0.15) is 12.8 Å². The molecule has 0 aromatic carbocycles. The average molecular weight is 159 g/mol. The zero-order valence-corrected chi connectivity index (χ0v) is 6.41. The molecule has 1 rings (SSSR count). The molecule has 1 saturated heterocycles. The van der Waals surface area contributed by atoms with Crippen LogP contribution in [0.25, 0.3) is 0 Å². The predicted molar refractivity (Wildman–Crippen MR) is 39.0 cm³/mol. The van der Waals surface area contributed by atoms with Gasteiger partial charge in [-0.3, -0.25) is 4.79 Å². The van der Waals surface area contributed by atoms with Gasteiger partial charge >= 0.3 is 0 Å². The van der Waals surface area contributed by atoms with Crippen LogP contribution in [0.2, 0.25) is 0 Å². The highest BCUT2D eigenvalue weighted by molar-refractivity contribution is 5.74. The molecular weight excluding hydrogens is 146 g/mol. The smallest absolute Gasteiger partial charge is 0.243 e. The first-order valence-corrected chi connectivity index (χ1v) is 3.76.